The summed E-state index contributed by atoms with van der Waals surface area (Å²) in [5, 5.41) is 11.9. The van der Waals surface area contributed by atoms with E-state index < -0.39 is 13.9 Å². The lowest BCUT2D eigenvalue weighted by molar-refractivity contribution is -0.119. The van der Waals surface area contributed by atoms with Crippen molar-refractivity contribution in [3.63, 3.8) is 0 Å². The highest BCUT2D eigenvalue weighted by atomic mass is 31.1. The Kier molecular flexibility index (Phi) is 5.94. The van der Waals surface area contributed by atoms with Gasteiger partial charge in [0.25, 0.3) is 5.85 Å². The van der Waals surface area contributed by atoms with E-state index in [1.165, 1.54) is 0 Å². The molecule has 0 aromatic heterocycles. The van der Waals surface area contributed by atoms with E-state index in [4.69, 9.17) is 10.00 Å². The SMILES string of the molecule is O=C(CNCc1ccccc1)CC(O)[P+](=O)O. The number of rotatable bonds is 7. The van der Waals surface area contributed by atoms with Gasteiger partial charge in [0, 0.05) is 6.54 Å². The molecule has 17 heavy (non-hydrogen) atoms. The van der Waals surface area contributed by atoms with E-state index in [1.54, 1.807) is 0 Å². The fraction of sp³-hybridized carbons (Fsp3) is 0.364. The number of carbonyl (C=O) groups excluding carboxylic acids is 1. The van der Waals surface area contributed by atoms with E-state index in [-0.39, 0.29) is 18.7 Å². The van der Waals surface area contributed by atoms with Gasteiger partial charge in [-0.1, -0.05) is 30.3 Å². The van der Waals surface area contributed by atoms with Crippen LogP contribution < -0.4 is 5.32 Å². The first-order valence-corrected chi connectivity index (χ1v) is 6.47. The Hall–Kier alpha value is -1.13. The second-order valence-electron chi connectivity index (χ2n) is 3.62. The Labute approximate surface area is 100 Å². The van der Waals surface area contributed by atoms with Crippen molar-refractivity contribution in [2.75, 3.05) is 6.54 Å². The summed E-state index contributed by atoms with van der Waals surface area (Å²) in [6.45, 7) is 0.628. The Morgan fingerprint density at radius 1 is 1.35 bits per heavy atom. The van der Waals surface area contributed by atoms with Crippen LogP contribution in [-0.2, 0) is 15.9 Å². The van der Waals surface area contributed by atoms with E-state index in [9.17, 15) is 9.36 Å². The predicted octanol–water partition coefficient (Wildman–Crippen LogP) is 0.788. The van der Waals surface area contributed by atoms with Gasteiger partial charge in [0.1, 0.15) is 0 Å². The number of Topliss-reactive ketones (excluding diaryl/α,β-unsaturated/α-hetero) is 1. The third-order valence-electron chi connectivity index (χ3n) is 2.16. The van der Waals surface area contributed by atoms with Crippen molar-refractivity contribution < 1.29 is 19.4 Å². The van der Waals surface area contributed by atoms with E-state index in [0.29, 0.717) is 6.54 Å². The quantitative estimate of drug-likeness (QED) is 0.628. The van der Waals surface area contributed by atoms with Crippen LogP contribution >= 0.6 is 8.03 Å². The van der Waals surface area contributed by atoms with Gasteiger partial charge in [-0.25, -0.2) is 0 Å². The fourth-order valence-corrected chi connectivity index (χ4v) is 1.66. The van der Waals surface area contributed by atoms with Crippen LogP contribution in [0.2, 0.25) is 0 Å². The van der Waals surface area contributed by atoms with Gasteiger partial charge < -0.3 is 10.4 Å². The summed E-state index contributed by atoms with van der Waals surface area (Å²) >= 11 is 0. The van der Waals surface area contributed by atoms with Crippen LogP contribution in [0.3, 0.4) is 0 Å². The van der Waals surface area contributed by atoms with Crippen LogP contribution in [0.15, 0.2) is 30.3 Å². The molecular weight excluding hydrogens is 241 g/mol. The van der Waals surface area contributed by atoms with Crippen molar-refractivity contribution in [1.29, 1.82) is 0 Å². The fourth-order valence-electron chi connectivity index (χ4n) is 1.30. The van der Waals surface area contributed by atoms with E-state index in [1.807, 2.05) is 30.3 Å². The third-order valence-corrected chi connectivity index (χ3v) is 2.85. The number of aliphatic hydroxyl groups excluding tert-OH is 1. The summed E-state index contributed by atoms with van der Waals surface area (Å²) < 4.78 is 10.5. The van der Waals surface area contributed by atoms with Crippen molar-refractivity contribution >= 4 is 13.8 Å². The molecule has 6 heteroatoms. The number of hydrogen-bond donors (Lipinski definition) is 3. The van der Waals surface area contributed by atoms with Crippen molar-refractivity contribution in [2.24, 2.45) is 0 Å². The maximum Gasteiger partial charge on any atom is 0.538 e. The summed E-state index contributed by atoms with van der Waals surface area (Å²) in [5.74, 6) is -1.75. The van der Waals surface area contributed by atoms with E-state index >= 15 is 0 Å². The molecule has 92 valence electrons. The molecule has 0 heterocycles. The molecule has 1 aromatic rings. The molecule has 1 rings (SSSR count). The molecule has 2 atom stereocenters. The van der Waals surface area contributed by atoms with Crippen LogP contribution in [-0.4, -0.2) is 28.2 Å². The smallest absolute Gasteiger partial charge is 0.348 e. The van der Waals surface area contributed by atoms with Gasteiger partial charge in [-0.3, -0.25) is 4.79 Å². The minimum absolute atomic E-state index is 0.0785. The molecule has 0 saturated carbocycles. The number of hydrogen-bond acceptors (Lipinski definition) is 4. The van der Waals surface area contributed by atoms with Gasteiger partial charge >= 0.3 is 8.03 Å². The Bertz CT molecular complexity index is 382. The van der Waals surface area contributed by atoms with Gasteiger partial charge in [-0.05, 0) is 10.1 Å². The molecule has 0 aliphatic heterocycles. The highest BCUT2D eigenvalue weighted by Crippen LogP contribution is 2.22. The highest BCUT2D eigenvalue weighted by molar-refractivity contribution is 7.38. The normalized spacial score (nSPS) is 13.2. The molecule has 1 aromatic carbocycles. The summed E-state index contributed by atoms with van der Waals surface area (Å²) in [6.07, 6.45) is -0.298. The zero-order chi connectivity index (χ0) is 12.7. The van der Waals surface area contributed by atoms with Crippen molar-refractivity contribution in [2.45, 2.75) is 18.8 Å². The van der Waals surface area contributed by atoms with Crippen molar-refractivity contribution in [3.8, 4) is 0 Å². The molecule has 0 aliphatic carbocycles. The highest BCUT2D eigenvalue weighted by Gasteiger charge is 2.28. The van der Waals surface area contributed by atoms with Crippen LogP contribution in [0.5, 0.6) is 0 Å². The lowest BCUT2D eigenvalue weighted by Crippen LogP contribution is -2.24. The lowest BCUT2D eigenvalue weighted by Gasteiger charge is -2.03. The average Bonchev–Trinajstić information content (AvgIpc) is 2.30. The summed E-state index contributed by atoms with van der Waals surface area (Å²) in [6, 6.07) is 9.56. The maximum atomic E-state index is 11.3. The first-order valence-electron chi connectivity index (χ1n) is 5.19. The van der Waals surface area contributed by atoms with Crippen LogP contribution in [0.4, 0.5) is 0 Å². The number of nitrogens with one attached hydrogen (secondary N) is 1. The summed E-state index contributed by atoms with van der Waals surface area (Å²) in [7, 11) is -2.70. The second kappa shape index (κ2) is 7.25. The minimum atomic E-state index is -2.70. The lowest BCUT2D eigenvalue weighted by atomic mass is 10.2. The molecule has 0 aliphatic rings. The molecule has 2 unspecified atom stereocenters. The number of carbonyl (C=O) groups is 1. The minimum Gasteiger partial charge on any atom is -0.348 e. The first kappa shape index (κ1) is 13.9. The van der Waals surface area contributed by atoms with Gasteiger partial charge in [0.2, 0.25) is 0 Å². The molecule has 0 spiro atoms. The molecular formula is C11H15NO4P+. The van der Waals surface area contributed by atoms with Crippen LogP contribution in [0, 0.1) is 0 Å². The van der Waals surface area contributed by atoms with Gasteiger partial charge in [0.15, 0.2) is 5.78 Å². The Morgan fingerprint density at radius 3 is 2.59 bits per heavy atom. The van der Waals surface area contributed by atoms with Crippen LogP contribution in [0.1, 0.15) is 12.0 Å². The zero-order valence-corrected chi connectivity index (χ0v) is 10.1. The molecule has 0 amide bonds. The Morgan fingerprint density at radius 2 is 2.00 bits per heavy atom. The first-order chi connectivity index (χ1) is 8.09. The Balaban J connectivity index is 2.23. The number of ketones is 1. The molecule has 0 fully saturated rings. The number of aliphatic hydroxyl groups is 1. The number of benzene rings is 1. The zero-order valence-electron chi connectivity index (χ0n) is 9.24. The molecule has 0 bridgehead atoms. The average molecular weight is 256 g/mol. The topological polar surface area (TPSA) is 86.6 Å². The standard InChI is InChI=1S/C11H14NO4P/c13-10(6-11(14)17(15)16)8-12-7-9-4-2-1-3-5-9/h1-5,11-12,14H,6-8H2/p+1. The molecule has 0 saturated heterocycles. The molecule has 0 radical (unpaired) electrons. The summed E-state index contributed by atoms with van der Waals surface area (Å²) in [4.78, 5) is 19.8. The van der Waals surface area contributed by atoms with Crippen molar-refractivity contribution in [3.05, 3.63) is 35.9 Å². The van der Waals surface area contributed by atoms with Gasteiger partial charge in [-0.2, -0.15) is 4.89 Å². The van der Waals surface area contributed by atoms with Crippen LogP contribution in [0.25, 0.3) is 0 Å². The van der Waals surface area contributed by atoms with E-state index in [2.05, 4.69) is 5.32 Å². The monoisotopic (exact) mass is 256 g/mol. The summed E-state index contributed by atoms with van der Waals surface area (Å²) in [5.41, 5.74) is 1.05. The largest absolute Gasteiger partial charge is 0.538 e. The molecule has 5 nitrogen and oxygen atoms in total. The van der Waals surface area contributed by atoms with Gasteiger partial charge in [0.05, 0.1) is 13.0 Å². The maximum absolute atomic E-state index is 11.3. The molecule has 3 N–H and O–H groups in total. The second-order valence-corrected chi connectivity index (χ2v) is 4.82. The third kappa shape index (κ3) is 5.65. The van der Waals surface area contributed by atoms with Crippen molar-refractivity contribution in [1.82, 2.24) is 5.32 Å². The van der Waals surface area contributed by atoms with Gasteiger partial charge in [-0.15, -0.1) is 0 Å². The van der Waals surface area contributed by atoms with E-state index in [0.717, 1.165) is 5.56 Å². The predicted molar refractivity (Wildman–Crippen MR) is 63.6 cm³/mol.